The number of pyridine rings is 1. The molecular weight excluding hydrogens is 690 g/mol. The van der Waals surface area contributed by atoms with Crippen molar-refractivity contribution in [2.75, 3.05) is 0 Å². The number of hydrogen-bond donors (Lipinski definition) is 0. The van der Waals surface area contributed by atoms with Crippen molar-refractivity contribution < 1.29 is 52.8 Å². The van der Waals surface area contributed by atoms with Crippen molar-refractivity contribution in [3.63, 3.8) is 0 Å². The predicted molar refractivity (Wildman–Crippen MR) is 140 cm³/mol. The van der Waals surface area contributed by atoms with Gasteiger partial charge >= 0.3 is 0 Å². The molecular formula is C29H28IrN2SY-2. The van der Waals surface area contributed by atoms with Gasteiger partial charge in [-0.2, -0.15) is 11.3 Å². The second-order valence-electron chi connectivity index (χ2n) is 9.95. The molecule has 5 heteroatoms. The van der Waals surface area contributed by atoms with Crippen molar-refractivity contribution in [1.29, 1.82) is 0 Å². The molecule has 3 aromatic carbocycles. The van der Waals surface area contributed by atoms with Crippen LogP contribution in [0, 0.1) is 32.8 Å². The Kier molecular flexibility index (Phi) is 7.84. The molecule has 3 aromatic heterocycles. The molecule has 0 bridgehead atoms. The summed E-state index contributed by atoms with van der Waals surface area (Å²) in [6.07, 6.45) is 3.11. The van der Waals surface area contributed by atoms with Crippen molar-refractivity contribution in [2.24, 2.45) is 5.41 Å². The Morgan fingerprint density at radius 1 is 1.00 bits per heavy atom. The van der Waals surface area contributed by atoms with Gasteiger partial charge in [0.2, 0.25) is 0 Å². The monoisotopic (exact) mass is 718 g/mol. The molecule has 0 atom stereocenters. The van der Waals surface area contributed by atoms with Crippen LogP contribution in [0.2, 0.25) is 0 Å². The standard InChI is InChI=1S/C28H25N2S.CH3.Ir.Y/c1-16-8-6-9-17(2)23(16)21-15-29-27-19-10-7-11-22-24(19)25-20(30(21)27)13-12-18(26(25)31-22)14-28(3,4)5;;;/h6-9,11-13,15H,14H2,1-5H3;1H3;;/q2*-1;;. The van der Waals surface area contributed by atoms with E-state index in [4.69, 9.17) is 4.98 Å². The summed E-state index contributed by atoms with van der Waals surface area (Å²) in [5, 5.41) is 3.81. The van der Waals surface area contributed by atoms with Crippen molar-refractivity contribution in [2.45, 2.75) is 41.0 Å². The molecule has 0 aliphatic heterocycles. The third-order valence-electron chi connectivity index (χ3n) is 6.32. The van der Waals surface area contributed by atoms with Crippen LogP contribution in [0.1, 0.15) is 37.5 Å². The minimum atomic E-state index is 0. The summed E-state index contributed by atoms with van der Waals surface area (Å²) in [4.78, 5) is 4.92. The normalized spacial score (nSPS) is 11.7. The Balaban J connectivity index is 0.00000108. The molecule has 0 spiro atoms. The Labute approximate surface area is 244 Å². The van der Waals surface area contributed by atoms with E-state index < -0.39 is 0 Å². The van der Waals surface area contributed by atoms with Crippen molar-refractivity contribution in [3.05, 3.63) is 78.8 Å². The molecule has 6 aromatic rings. The Morgan fingerprint density at radius 3 is 2.38 bits per heavy atom. The van der Waals surface area contributed by atoms with E-state index in [1.165, 1.54) is 47.9 Å². The van der Waals surface area contributed by atoms with Crippen LogP contribution in [0.15, 0.2) is 48.7 Å². The van der Waals surface area contributed by atoms with Gasteiger partial charge in [-0.3, -0.25) is 4.98 Å². The Hall–Kier alpha value is -1.16. The van der Waals surface area contributed by atoms with E-state index in [0.717, 1.165) is 23.1 Å². The van der Waals surface area contributed by atoms with Gasteiger partial charge in [-0.15, -0.1) is 18.2 Å². The van der Waals surface area contributed by atoms with Crippen LogP contribution in [0.4, 0.5) is 0 Å². The average molecular weight is 718 g/mol. The van der Waals surface area contributed by atoms with Crippen LogP contribution in [0.3, 0.4) is 0 Å². The van der Waals surface area contributed by atoms with Crippen LogP contribution < -0.4 is 0 Å². The first-order chi connectivity index (χ1) is 14.8. The summed E-state index contributed by atoms with van der Waals surface area (Å²) in [7, 11) is 0. The second kappa shape index (κ2) is 9.71. The molecule has 2 radical (unpaired) electrons. The zero-order valence-electron chi connectivity index (χ0n) is 20.5. The van der Waals surface area contributed by atoms with E-state index in [9.17, 15) is 0 Å². The summed E-state index contributed by atoms with van der Waals surface area (Å²) >= 11 is 1.92. The third-order valence-corrected chi connectivity index (χ3v) is 7.55. The van der Waals surface area contributed by atoms with Gasteiger partial charge < -0.3 is 11.8 Å². The van der Waals surface area contributed by atoms with Crippen molar-refractivity contribution >= 4 is 48.1 Å². The largest absolute Gasteiger partial charge is 0.358 e. The third kappa shape index (κ3) is 4.10. The summed E-state index contributed by atoms with van der Waals surface area (Å²) in [6.45, 7) is 11.3. The number of nitrogens with zero attached hydrogens (tertiary/aromatic N) is 2. The van der Waals surface area contributed by atoms with E-state index in [-0.39, 0.29) is 65.7 Å². The molecule has 0 unspecified atom stereocenters. The van der Waals surface area contributed by atoms with Gasteiger partial charge in [0.05, 0.1) is 11.3 Å². The molecule has 34 heavy (non-hydrogen) atoms. The number of rotatable bonds is 2. The van der Waals surface area contributed by atoms with Gasteiger partial charge in [-0.1, -0.05) is 55.8 Å². The maximum absolute atomic E-state index is 4.92. The fourth-order valence-electron chi connectivity index (χ4n) is 5.14. The molecule has 0 saturated carbocycles. The minimum absolute atomic E-state index is 0. The molecule has 2 nitrogen and oxygen atoms in total. The number of thiophene rings is 1. The first-order valence-corrected chi connectivity index (χ1v) is 11.7. The Morgan fingerprint density at radius 2 is 1.71 bits per heavy atom. The number of benzene rings is 3. The number of imidazole rings is 1. The molecule has 0 fully saturated rings. The van der Waals surface area contributed by atoms with E-state index in [1.54, 1.807) is 0 Å². The maximum Gasteiger partial charge on any atom is 0.0639 e. The first kappa shape index (κ1) is 27.4. The van der Waals surface area contributed by atoms with Crippen LogP contribution >= 0.6 is 11.3 Å². The van der Waals surface area contributed by atoms with E-state index in [0.29, 0.717) is 0 Å². The summed E-state index contributed by atoms with van der Waals surface area (Å²) in [6, 6.07) is 19.0. The number of fused-ring (bicyclic) bond motifs is 3. The predicted octanol–water partition coefficient (Wildman–Crippen LogP) is 8.41. The topological polar surface area (TPSA) is 17.3 Å². The fourth-order valence-corrected chi connectivity index (χ4v) is 6.38. The molecule has 0 saturated heterocycles. The number of aryl methyl sites for hydroxylation is 2. The Bertz CT molecular complexity index is 1600. The zero-order chi connectivity index (χ0) is 21.5. The maximum atomic E-state index is 4.92. The van der Waals surface area contributed by atoms with Gasteiger partial charge in [0.15, 0.2) is 0 Å². The van der Waals surface area contributed by atoms with Gasteiger partial charge in [0.25, 0.3) is 0 Å². The zero-order valence-corrected chi connectivity index (χ0v) is 26.6. The second-order valence-corrected chi connectivity index (χ2v) is 11.0. The quantitative estimate of drug-likeness (QED) is 0.130. The minimum Gasteiger partial charge on any atom is -0.358 e. The number of aromatic nitrogens is 2. The smallest absolute Gasteiger partial charge is 0.0639 e. The average Bonchev–Trinajstić information content (AvgIpc) is 3.30. The summed E-state index contributed by atoms with van der Waals surface area (Å²) in [5.74, 6) is 0. The van der Waals surface area contributed by atoms with Crippen molar-refractivity contribution in [3.8, 4) is 11.3 Å². The van der Waals surface area contributed by atoms with Crippen molar-refractivity contribution in [1.82, 2.24) is 9.38 Å². The molecule has 0 aliphatic carbocycles. The molecule has 174 valence electrons. The number of hydrogen-bond acceptors (Lipinski definition) is 2. The van der Waals surface area contributed by atoms with Crippen LogP contribution in [-0.2, 0) is 59.2 Å². The molecule has 3 heterocycles. The molecule has 0 N–H and O–H groups in total. The van der Waals surface area contributed by atoms with Gasteiger partial charge in [-0.05, 0) is 58.5 Å². The van der Waals surface area contributed by atoms with Crippen LogP contribution in [0.25, 0.3) is 48.0 Å². The van der Waals surface area contributed by atoms with Gasteiger partial charge in [0, 0.05) is 74.8 Å². The van der Waals surface area contributed by atoms with Crippen LogP contribution in [-0.4, -0.2) is 9.38 Å². The fraction of sp³-hybridized carbons (Fsp3) is 0.241. The molecule has 6 rings (SSSR count). The first-order valence-electron chi connectivity index (χ1n) is 10.9. The summed E-state index contributed by atoms with van der Waals surface area (Å²) < 4.78 is 5.10. The van der Waals surface area contributed by atoms with E-state index in [1.807, 2.05) is 17.5 Å². The van der Waals surface area contributed by atoms with E-state index in [2.05, 4.69) is 87.6 Å². The van der Waals surface area contributed by atoms with Gasteiger partial charge in [-0.25, -0.2) is 0 Å². The summed E-state index contributed by atoms with van der Waals surface area (Å²) in [5.41, 5.74) is 8.93. The van der Waals surface area contributed by atoms with E-state index >= 15 is 0 Å². The SMILES string of the molecule is Cc1cccc(C)c1-c1cnc2c3[c-]ccc4sc5c(CC(C)(C)C)ccc(c5c43)n12.[CH3-].[Ir].[Y]. The van der Waals surface area contributed by atoms with Gasteiger partial charge in [0.1, 0.15) is 0 Å². The molecule has 0 amide bonds. The van der Waals surface area contributed by atoms with Crippen LogP contribution in [0.5, 0.6) is 0 Å². The molecule has 0 aliphatic rings.